The van der Waals surface area contributed by atoms with E-state index in [4.69, 9.17) is 35.7 Å². The van der Waals surface area contributed by atoms with Gasteiger partial charge in [-0.05, 0) is 32.6 Å². The summed E-state index contributed by atoms with van der Waals surface area (Å²) in [5.74, 6) is 0. The molecule has 0 rings (SSSR count). The van der Waals surface area contributed by atoms with Crippen LogP contribution in [0.2, 0.25) is 0 Å². The van der Waals surface area contributed by atoms with Crippen LogP contribution >= 0.6 is 0 Å². The van der Waals surface area contributed by atoms with Crippen LogP contribution in [0.25, 0.3) is 0 Å². The van der Waals surface area contributed by atoms with E-state index in [1.807, 2.05) is 0 Å². The van der Waals surface area contributed by atoms with E-state index in [1.165, 1.54) is 0 Å². The first kappa shape index (κ1) is 53.6. The number of unbranched alkanes of at least 4 members (excludes halogenated alkanes) is 4. The van der Waals surface area contributed by atoms with Gasteiger partial charge in [-0.15, -0.1) is 0 Å². The Morgan fingerprint density at radius 3 is 0.688 bits per heavy atom. The standard InChI is InChI=1S/C4H11NO2.4C4H10O.C2H6O.H2O.Ti/c6-3-1-5-2-4-7;4*1-2-3-4-5;1-2-3;;/h5-7H,1-4H2;4*5H,2-4H2,1H3;3H,2H2,1H3;1H2;. The fourth-order valence-corrected chi connectivity index (χ4v) is 0.916. The van der Waals surface area contributed by atoms with Crippen molar-refractivity contribution in [2.45, 2.75) is 86.0 Å². The van der Waals surface area contributed by atoms with Crippen molar-refractivity contribution < 1.29 is 62.9 Å². The molecule has 0 fully saturated rings. The molecule has 0 unspecified atom stereocenters. The summed E-state index contributed by atoms with van der Waals surface area (Å²) >= 11 is 0. The predicted octanol–water partition coefficient (Wildman–Crippen LogP) is 0.847. The van der Waals surface area contributed by atoms with Crippen molar-refractivity contribution in [1.82, 2.24) is 5.32 Å². The summed E-state index contributed by atoms with van der Waals surface area (Å²) in [6, 6.07) is 0. The van der Waals surface area contributed by atoms with E-state index in [-0.39, 0.29) is 47.0 Å². The second kappa shape index (κ2) is 85.8. The maximum atomic E-state index is 8.15. The first-order valence-electron chi connectivity index (χ1n) is 11.5. The van der Waals surface area contributed by atoms with E-state index in [0.717, 1.165) is 51.4 Å². The number of rotatable bonds is 12. The molecular weight excluding hydrogens is 454 g/mol. The van der Waals surface area contributed by atoms with Crippen LogP contribution in [0.1, 0.15) is 86.0 Å². The van der Waals surface area contributed by atoms with Gasteiger partial charge >= 0.3 is 0 Å². The van der Waals surface area contributed by atoms with E-state index in [2.05, 4.69) is 33.0 Å². The predicted molar refractivity (Wildman–Crippen MR) is 131 cm³/mol. The Morgan fingerprint density at radius 2 is 0.625 bits per heavy atom. The molecule has 0 saturated heterocycles. The van der Waals surface area contributed by atoms with Gasteiger partial charge in [0.15, 0.2) is 0 Å². The molecule has 9 nitrogen and oxygen atoms in total. The quantitative estimate of drug-likeness (QED) is 0.139. The van der Waals surface area contributed by atoms with Crippen LogP contribution in [0, 0.1) is 0 Å². The van der Waals surface area contributed by atoms with Gasteiger partial charge in [-0.1, -0.05) is 53.4 Å². The molecule has 0 atom stereocenters. The van der Waals surface area contributed by atoms with Crippen molar-refractivity contribution in [3.05, 3.63) is 0 Å². The van der Waals surface area contributed by atoms with Crippen LogP contribution < -0.4 is 5.32 Å². The van der Waals surface area contributed by atoms with E-state index in [9.17, 15) is 0 Å². The third-order valence-corrected chi connectivity index (χ3v) is 2.62. The van der Waals surface area contributed by atoms with Gasteiger partial charge in [0.1, 0.15) is 0 Å². The molecule has 0 amide bonds. The first-order chi connectivity index (χ1) is 14.5. The molecule has 0 aliphatic rings. The molecule has 0 aromatic rings. The molecule has 0 aliphatic heterocycles. The third-order valence-electron chi connectivity index (χ3n) is 2.62. The zero-order valence-electron chi connectivity index (χ0n) is 21.7. The topological polar surface area (TPSA) is 185 Å². The average Bonchev–Trinajstić information content (AvgIpc) is 2.73. The smallest absolute Gasteiger partial charge is 0.0555 e. The van der Waals surface area contributed by atoms with Crippen LogP contribution in [-0.2, 0) is 21.7 Å². The van der Waals surface area contributed by atoms with Gasteiger partial charge in [0.25, 0.3) is 0 Å². The summed E-state index contributed by atoms with van der Waals surface area (Å²) in [5, 5.41) is 58.9. The van der Waals surface area contributed by atoms with Crippen molar-refractivity contribution in [3.63, 3.8) is 0 Å². The molecular formula is C22H59NO8Ti. The average molecular weight is 514 g/mol. The summed E-state index contributed by atoms with van der Waals surface area (Å²) in [5.41, 5.74) is 0. The number of nitrogens with one attached hydrogen (secondary N) is 1. The van der Waals surface area contributed by atoms with E-state index < -0.39 is 0 Å². The fraction of sp³-hybridized carbons (Fsp3) is 1.00. The van der Waals surface area contributed by atoms with Gasteiger partial charge in [0.2, 0.25) is 0 Å². The Hall–Kier alpha value is 0.354. The Labute approximate surface area is 213 Å². The van der Waals surface area contributed by atoms with Gasteiger partial charge in [0.05, 0.1) is 13.2 Å². The van der Waals surface area contributed by atoms with Crippen LogP contribution in [0.4, 0.5) is 0 Å². The van der Waals surface area contributed by atoms with Crippen molar-refractivity contribution in [2.75, 3.05) is 59.3 Å². The van der Waals surface area contributed by atoms with Crippen molar-refractivity contribution in [1.29, 1.82) is 0 Å². The van der Waals surface area contributed by atoms with Gasteiger partial charge < -0.3 is 46.5 Å². The van der Waals surface area contributed by atoms with Gasteiger partial charge in [-0.2, -0.15) is 0 Å². The molecule has 0 saturated carbocycles. The number of aliphatic hydroxyl groups excluding tert-OH is 7. The molecule has 0 aromatic carbocycles. The zero-order chi connectivity index (χ0) is 24.7. The fourth-order valence-electron chi connectivity index (χ4n) is 0.916. The second-order valence-electron chi connectivity index (χ2n) is 5.82. The largest absolute Gasteiger partial charge is 0.412 e. The Bertz CT molecular complexity index is 152. The molecule has 10 N–H and O–H groups in total. The minimum atomic E-state index is 0. The Morgan fingerprint density at radius 1 is 0.438 bits per heavy atom. The van der Waals surface area contributed by atoms with Crippen molar-refractivity contribution in [2.24, 2.45) is 0 Å². The summed E-state index contributed by atoms with van der Waals surface area (Å²) in [6.07, 6.45) is 8.15. The molecule has 0 aliphatic carbocycles. The van der Waals surface area contributed by atoms with Gasteiger partial charge in [-0.25, -0.2) is 0 Å². The van der Waals surface area contributed by atoms with E-state index in [0.29, 0.717) is 39.5 Å². The summed E-state index contributed by atoms with van der Waals surface area (Å²) in [4.78, 5) is 0. The van der Waals surface area contributed by atoms with Crippen LogP contribution in [0.3, 0.4) is 0 Å². The maximum Gasteiger partial charge on any atom is 0.0555 e. The number of hydrogen-bond donors (Lipinski definition) is 8. The molecule has 0 spiro atoms. The Balaban J connectivity index is -0.0000000361. The first-order valence-corrected chi connectivity index (χ1v) is 11.5. The minimum Gasteiger partial charge on any atom is -0.412 e. The summed E-state index contributed by atoms with van der Waals surface area (Å²) in [7, 11) is 0. The second-order valence-corrected chi connectivity index (χ2v) is 5.82. The molecule has 32 heavy (non-hydrogen) atoms. The summed E-state index contributed by atoms with van der Waals surface area (Å²) in [6.45, 7) is 12.9. The van der Waals surface area contributed by atoms with E-state index >= 15 is 0 Å². The van der Waals surface area contributed by atoms with Crippen LogP contribution in [0.15, 0.2) is 0 Å². The van der Waals surface area contributed by atoms with Crippen LogP contribution in [0.5, 0.6) is 0 Å². The molecule has 10 heteroatoms. The van der Waals surface area contributed by atoms with Gasteiger partial charge in [-0.3, -0.25) is 0 Å². The molecule has 0 heterocycles. The zero-order valence-corrected chi connectivity index (χ0v) is 23.2. The van der Waals surface area contributed by atoms with E-state index in [1.54, 1.807) is 6.92 Å². The maximum absolute atomic E-state index is 8.15. The number of aliphatic hydroxyl groups is 7. The molecule has 0 bridgehead atoms. The molecule has 0 radical (unpaired) electrons. The summed E-state index contributed by atoms with van der Waals surface area (Å²) < 4.78 is 0. The normalized spacial score (nSPS) is 7.88. The monoisotopic (exact) mass is 513 g/mol. The molecule has 0 aromatic heterocycles. The Kier molecular flexibility index (Phi) is 144. The van der Waals surface area contributed by atoms with Crippen LogP contribution in [-0.4, -0.2) is 101 Å². The SMILES string of the molecule is CCCCO.CCCCO.CCCCO.CCCCO.CCO.O.OCCNCCO.[Ti]. The number of hydrogen-bond acceptors (Lipinski definition) is 8. The van der Waals surface area contributed by atoms with Crippen molar-refractivity contribution in [3.8, 4) is 0 Å². The van der Waals surface area contributed by atoms with Gasteiger partial charge in [0, 0.05) is 67.8 Å². The minimum absolute atomic E-state index is 0. The van der Waals surface area contributed by atoms with Crippen molar-refractivity contribution >= 4 is 0 Å². The molecule has 204 valence electrons. The third kappa shape index (κ3) is 171.